The number of ether oxygens (including phenoxy) is 2. The van der Waals surface area contributed by atoms with Gasteiger partial charge in [0.1, 0.15) is 6.61 Å². The fourth-order valence-corrected chi connectivity index (χ4v) is 5.61. The number of allylic oxidation sites excluding steroid dienone is 2. The highest BCUT2D eigenvalue weighted by molar-refractivity contribution is 7.46. The maximum absolute atomic E-state index is 12.3. The molecule has 0 aliphatic heterocycles. The summed E-state index contributed by atoms with van der Waals surface area (Å²) in [4.78, 5) is 42.6. The number of carbonyl (C=O) groups excluding carboxylic acids is 2. The average molecular weight is 661 g/mol. The van der Waals surface area contributed by atoms with Gasteiger partial charge in [0.25, 0.3) is 0 Å². The zero-order valence-electron chi connectivity index (χ0n) is 29.0. The average Bonchev–Trinajstić information content (AvgIpc) is 3.00. The summed E-state index contributed by atoms with van der Waals surface area (Å²) in [7, 11) is -4.74. The van der Waals surface area contributed by atoms with Crippen molar-refractivity contribution in [3.05, 3.63) is 12.2 Å². The zero-order valence-corrected chi connectivity index (χ0v) is 29.9. The number of phosphoric ester groups is 1. The van der Waals surface area contributed by atoms with E-state index in [-0.39, 0.29) is 19.4 Å². The minimum atomic E-state index is -4.74. The largest absolute Gasteiger partial charge is 0.469 e. The molecule has 0 bridgehead atoms. The molecule has 9 heteroatoms. The predicted molar refractivity (Wildman–Crippen MR) is 184 cm³/mol. The van der Waals surface area contributed by atoms with E-state index in [1.54, 1.807) is 0 Å². The van der Waals surface area contributed by atoms with Gasteiger partial charge in [0, 0.05) is 12.8 Å². The first kappa shape index (κ1) is 43.8. The van der Waals surface area contributed by atoms with Crippen LogP contribution in [0.5, 0.6) is 0 Å². The molecule has 0 saturated carbocycles. The number of unbranched alkanes of at least 4 members (excludes halogenated alkanes) is 22. The Morgan fingerprint density at radius 1 is 0.556 bits per heavy atom. The van der Waals surface area contributed by atoms with Crippen molar-refractivity contribution in [2.75, 3.05) is 13.2 Å². The molecular formula is C36H69O8P. The molecule has 0 aromatic carbocycles. The fraction of sp³-hybridized carbons (Fsp3) is 0.889. The normalized spacial score (nSPS) is 12.5. The van der Waals surface area contributed by atoms with Crippen LogP contribution in [0, 0.1) is 0 Å². The van der Waals surface area contributed by atoms with Crippen LogP contribution in [0.1, 0.15) is 187 Å². The molecule has 266 valence electrons. The third kappa shape index (κ3) is 35.5. The molecule has 0 aromatic rings. The molecule has 8 nitrogen and oxygen atoms in total. The minimum absolute atomic E-state index is 0.215. The van der Waals surface area contributed by atoms with Gasteiger partial charge in [0.2, 0.25) is 0 Å². The highest BCUT2D eigenvalue weighted by Crippen LogP contribution is 2.36. The van der Waals surface area contributed by atoms with Crippen molar-refractivity contribution in [1.29, 1.82) is 0 Å². The van der Waals surface area contributed by atoms with Gasteiger partial charge in [-0.15, -0.1) is 0 Å². The predicted octanol–water partition coefficient (Wildman–Crippen LogP) is 10.7. The summed E-state index contributed by atoms with van der Waals surface area (Å²) in [6.45, 7) is 3.66. The maximum atomic E-state index is 12.3. The van der Waals surface area contributed by atoms with Crippen LogP contribution in [0.15, 0.2) is 12.2 Å². The lowest BCUT2D eigenvalue weighted by molar-refractivity contribution is -0.161. The molecular weight excluding hydrogens is 591 g/mol. The van der Waals surface area contributed by atoms with E-state index in [0.29, 0.717) is 6.42 Å². The van der Waals surface area contributed by atoms with Crippen molar-refractivity contribution in [2.24, 2.45) is 0 Å². The standard InChI is InChI=1S/C36H69O8P/c1-3-5-7-9-11-13-15-17-18-19-21-22-24-26-28-30-35(37)42-32-34(33-43-45(39,40)41)44-36(38)31-29-27-25-23-20-16-14-12-10-8-6-4-2/h17-18,34H,3-16,19-33H2,1-2H3,(H2,39,40,41)/b18-17-/t34-/m1/s1. The van der Waals surface area contributed by atoms with Crippen molar-refractivity contribution in [2.45, 2.75) is 193 Å². The van der Waals surface area contributed by atoms with Crippen LogP contribution in [0.2, 0.25) is 0 Å². The lowest BCUT2D eigenvalue weighted by Gasteiger charge is -2.18. The summed E-state index contributed by atoms with van der Waals surface area (Å²) >= 11 is 0. The fourth-order valence-electron chi connectivity index (χ4n) is 5.25. The first-order chi connectivity index (χ1) is 21.8. The van der Waals surface area contributed by atoms with Crippen LogP contribution in [-0.4, -0.2) is 41.0 Å². The Bertz CT molecular complexity index is 751. The topological polar surface area (TPSA) is 119 Å². The van der Waals surface area contributed by atoms with Gasteiger partial charge in [-0.2, -0.15) is 0 Å². The summed E-state index contributed by atoms with van der Waals surface area (Å²) in [6.07, 6.45) is 33.6. The monoisotopic (exact) mass is 660 g/mol. The van der Waals surface area contributed by atoms with Crippen LogP contribution in [0.3, 0.4) is 0 Å². The second kappa shape index (κ2) is 32.7. The number of carbonyl (C=O) groups is 2. The van der Waals surface area contributed by atoms with E-state index in [1.165, 1.54) is 96.3 Å². The van der Waals surface area contributed by atoms with Crippen molar-refractivity contribution in [1.82, 2.24) is 0 Å². The number of esters is 2. The van der Waals surface area contributed by atoms with E-state index in [1.807, 2.05) is 0 Å². The van der Waals surface area contributed by atoms with Crippen LogP contribution in [-0.2, 0) is 28.2 Å². The van der Waals surface area contributed by atoms with Gasteiger partial charge >= 0.3 is 19.8 Å². The molecule has 0 heterocycles. The van der Waals surface area contributed by atoms with Gasteiger partial charge in [0.15, 0.2) is 6.10 Å². The van der Waals surface area contributed by atoms with Gasteiger partial charge in [-0.25, -0.2) is 4.57 Å². The summed E-state index contributed by atoms with van der Waals surface area (Å²) in [6, 6.07) is 0. The van der Waals surface area contributed by atoms with Crippen LogP contribution >= 0.6 is 7.82 Å². The molecule has 0 amide bonds. The molecule has 0 rings (SSSR count). The Morgan fingerprint density at radius 3 is 1.36 bits per heavy atom. The Balaban J connectivity index is 3.96. The number of hydrogen-bond donors (Lipinski definition) is 2. The lowest BCUT2D eigenvalue weighted by atomic mass is 10.0. The Hall–Kier alpha value is -1.21. The quantitative estimate of drug-likeness (QED) is 0.0303. The van der Waals surface area contributed by atoms with E-state index in [2.05, 4.69) is 30.5 Å². The van der Waals surface area contributed by atoms with Crippen molar-refractivity contribution in [3.63, 3.8) is 0 Å². The molecule has 0 aliphatic rings. The molecule has 0 aliphatic carbocycles. The first-order valence-corrected chi connectivity index (χ1v) is 20.0. The summed E-state index contributed by atoms with van der Waals surface area (Å²) in [5.41, 5.74) is 0. The Kier molecular flexibility index (Phi) is 31.8. The molecule has 2 N–H and O–H groups in total. The third-order valence-corrected chi connectivity index (χ3v) is 8.52. The molecule has 0 radical (unpaired) electrons. The molecule has 45 heavy (non-hydrogen) atoms. The van der Waals surface area contributed by atoms with Gasteiger partial charge < -0.3 is 19.3 Å². The number of phosphoric acid groups is 1. The molecule has 0 aromatic heterocycles. The highest BCUT2D eigenvalue weighted by atomic mass is 31.2. The zero-order chi connectivity index (χ0) is 33.3. The summed E-state index contributed by atoms with van der Waals surface area (Å²) in [5, 5.41) is 0. The minimum Gasteiger partial charge on any atom is -0.462 e. The van der Waals surface area contributed by atoms with Crippen molar-refractivity contribution < 1.29 is 37.9 Å². The van der Waals surface area contributed by atoms with E-state index < -0.39 is 32.5 Å². The van der Waals surface area contributed by atoms with E-state index in [4.69, 9.17) is 19.3 Å². The van der Waals surface area contributed by atoms with Gasteiger partial charge in [-0.3, -0.25) is 14.1 Å². The molecule has 0 unspecified atom stereocenters. The SMILES string of the molecule is CCCCCCCC/C=C\CCCCCCCC(=O)OC[C@H](COP(=O)(O)O)OC(=O)CCCCCCCCCCCCCC. The molecule has 1 atom stereocenters. The first-order valence-electron chi connectivity index (χ1n) is 18.5. The van der Waals surface area contributed by atoms with Crippen LogP contribution < -0.4 is 0 Å². The van der Waals surface area contributed by atoms with Crippen molar-refractivity contribution >= 4 is 19.8 Å². The van der Waals surface area contributed by atoms with Gasteiger partial charge in [-0.1, -0.05) is 148 Å². The Labute approximate surface area is 276 Å². The number of hydrogen-bond acceptors (Lipinski definition) is 6. The molecule has 0 saturated heterocycles. The van der Waals surface area contributed by atoms with E-state index in [9.17, 15) is 14.2 Å². The summed E-state index contributed by atoms with van der Waals surface area (Å²) in [5.74, 6) is -0.888. The lowest BCUT2D eigenvalue weighted by Crippen LogP contribution is -2.29. The van der Waals surface area contributed by atoms with Crippen molar-refractivity contribution in [3.8, 4) is 0 Å². The van der Waals surface area contributed by atoms with E-state index in [0.717, 1.165) is 57.8 Å². The van der Waals surface area contributed by atoms with Gasteiger partial charge in [0.05, 0.1) is 6.61 Å². The van der Waals surface area contributed by atoms with E-state index >= 15 is 0 Å². The molecule has 0 fully saturated rings. The third-order valence-electron chi connectivity index (χ3n) is 8.03. The van der Waals surface area contributed by atoms with Gasteiger partial charge in [-0.05, 0) is 38.5 Å². The second-order valence-corrected chi connectivity index (χ2v) is 13.8. The van der Waals surface area contributed by atoms with Crippen LogP contribution in [0.25, 0.3) is 0 Å². The second-order valence-electron chi connectivity index (χ2n) is 12.6. The number of rotatable bonds is 34. The van der Waals surface area contributed by atoms with Crippen LogP contribution in [0.4, 0.5) is 0 Å². The summed E-state index contributed by atoms with van der Waals surface area (Å²) < 4.78 is 26.3. The highest BCUT2D eigenvalue weighted by Gasteiger charge is 2.22. The Morgan fingerprint density at radius 2 is 0.933 bits per heavy atom. The smallest absolute Gasteiger partial charge is 0.462 e. The maximum Gasteiger partial charge on any atom is 0.469 e. The molecule has 0 spiro atoms.